The number of benzene rings is 3. The molecule has 0 fully saturated rings. The molecule has 0 radical (unpaired) electrons. The fourth-order valence-electron chi connectivity index (χ4n) is 2.48. The van der Waals surface area contributed by atoms with Gasteiger partial charge in [0.15, 0.2) is 5.78 Å². The van der Waals surface area contributed by atoms with Crippen LogP contribution in [-0.4, -0.2) is 11.7 Å². The van der Waals surface area contributed by atoms with E-state index in [1.165, 1.54) is 12.2 Å². The standard InChI is InChI=1S/C24H18ClNO2/c25-21-12-10-20(11-13-21)23(27)16-8-19-6-14-22(15-7-19)26-24(28)17-9-18-4-2-1-3-5-18/h1-17H,(H,26,28)/b16-8+,17-9+. The smallest absolute Gasteiger partial charge is 0.248 e. The lowest BCUT2D eigenvalue weighted by atomic mass is 10.1. The lowest BCUT2D eigenvalue weighted by Crippen LogP contribution is -2.07. The maximum atomic E-state index is 12.1. The topological polar surface area (TPSA) is 46.2 Å². The van der Waals surface area contributed by atoms with E-state index in [9.17, 15) is 9.59 Å². The van der Waals surface area contributed by atoms with Gasteiger partial charge in [0.2, 0.25) is 5.91 Å². The number of carbonyl (C=O) groups excluding carboxylic acids is 2. The zero-order valence-electron chi connectivity index (χ0n) is 15.0. The van der Waals surface area contributed by atoms with E-state index in [1.54, 1.807) is 48.6 Å². The molecule has 0 unspecified atom stereocenters. The molecule has 0 bridgehead atoms. The first-order valence-corrected chi connectivity index (χ1v) is 9.10. The van der Waals surface area contributed by atoms with Crippen molar-refractivity contribution in [3.63, 3.8) is 0 Å². The summed E-state index contributed by atoms with van der Waals surface area (Å²) in [6.45, 7) is 0. The maximum Gasteiger partial charge on any atom is 0.248 e. The number of halogens is 1. The van der Waals surface area contributed by atoms with Gasteiger partial charge >= 0.3 is 0 Å². The van der Waals surface area contributed by atoms with Crippen LogP contribution in [0.25, 0.3) is 12.2 Å². The van der Waals surface area contributed by atoms with Crippen LogP contribution in [0.4, 0.5) is 5.69 Å². The third-order valence-corrected chi connectivity index (χ3v) is 4.21. The molecule has 0 saturated heterocycles. The summed E-state index contributed by atoms with van der Waals surface area (Å²) < 4.78 is 0. The van der Waals surface area contributed by atoms with Gasteiger partial charge < -0.3 is 5.32 Å². The number of hydrogen-bond donors (Lipinski definition) is 1. The van der Waals surface area contributed by atoms with E-state index < -0.39 is 0 Å². The molecule has 3 nitrogen and oxygen atoms in total. The van der Waals surface area contributed by atoms with Crippen molar-refractivity contribution in [3.8, 4) is 0 Å². The average Bonchev–Trinajstić information content (AvgIpc) is 2.73. The van der Waals surface area contributed by atoms with E-state index >= 15 is 0 Å². The second-order valence-corrected chi connectivity index (χ2v) is 6.50. The van der Waals surface area contributed by atoms with E-state index in [4.69, 9.17) is 11.6 Å². The van der Waals surface area contributed by atoms with E-state index in [0.717, 1.165) is 11.1 Å². The number of rotatable bonds is 6. The molecule has 138 valence electrons. The third-order valence-electron chi connectivity index (χ3n) is 3.96. The largest absolute Gasteiger partial charge is 0.323 e. The van der Waals surface area contributed by atoms with E-state index in [2.05, 4.69) is 5.32 Å². The molecule has 4 heteroatoms. The zero-order chi connectivity index (χ0) is 19.8. The average molecular weight is 388 g/mol. The Morgan fingerprint density at radius 2 is 1.32 bits per heavy atom. The zero-order valence-corrected chi connectivity index (χ0v) is 15.8. The monoisotopic (exact) mass is 387 g/mol. The molecule has 1 N–H and O–H groups in total. The van der Waals surface area contributed by atoms with Crippen LogP contribution in [0.2, 0.25) is 5.02 Å². The molecule has 1 amide bonds. The first kappa shape index (κ1) is 19.3. The Kier molecular flexibility index (Phi) is 6.55. The summed E-state index contributed by atoms with van der Waals surface area (Å²) in [7, 11) is 0. The fourth-order valence-corrected chi connectivity index (χ4v) is 2.61. The van der Waals surface area contributed by atoms with Crippen LogP contribution in [0.5, 0.6) is 0 Å². The molecule has 3 aromatic rings. The SMILES string of the molecule is O=C(/C=C/c1ccccc1)Nc1ccc(/C=C/C(=O)c2ccc(Cl)cc2)cc1. The van der Waals surface area contributed by atoms with Gasteiger partial charge in [-0.25, -0.2) is 0 Å². The predicted molar refractivity (Wildman–Crippen MR) is 115 cm³/mol. The summed E-state index contributed by atoms with van der Waals surface area (Å²) >= 11 is 5.83. The lowest BCUT2D eigenvalue weighted by molar-refractivity contribution is -0.111. The molecule has 0 saturated carbocycles. The van der Waals surface area contributed by atoms with E-state index in [0.29, 0.717) is 16.3 Å². The minimum absolute atomic E-state index is 0.0971. The highest BCUT2D eigenvalue weighted by Crippen LogP contribution is 2.13. The van der Waals surface area contributed by atoms with E-state index in [1.807, 2.05) is 42.5 Å². The van der Waals surface area contributed by atoms with Crippen LogP contribution in [0, 0.1) is 0 Å². The summed E-state index contributed by atoms with van der Waals surface area (Å²) in [5.74, 6) is -0.301. The van der Waals surface area contributed by atoms with Gasteiger partial charge in [-0.3, -0.25) is 9.59 Å². The van der Waals surface area contributed by atoms with Crippen LogP contribution >= 0.6 is 11.6 Å². The van der Waals surface area contributed by atoms with Gasteiger partial charge in [0, 0.05) is 22.3 Å². The third kappa shape index (κ3) is 5.79. The first-order valence-electron chi connectivity index (χ1n) is 8.72. The second-order valence-electron chi connectivity index (χ2n) is 6.06. The maximum absolute atomic E-state index is 12.1. The summed E-state index contributed by atoms with van der Waals surface area (Å²) in [5, 5.41) is 3.40. The van der Waals surface area contributed by atoms with Crippen LogP contribution in [0.15, 0.2) is 91.0 Å². The highest BCUT2D eigenvalue weighted by Gasteiger charge is 2.02. The van der Waals surface area contributed by atoms with Gasteiger partial charge in [0.05, 0.1) is 0 Å². The summed E-state index contributed by atoms with van der Waals surface area (Å²) in [6, 6.07) is 23.6. The fraction of sp³-hybridized carbons (Fsp3) is 0. The van der Waals surface area contributed by atoms with Crippen LogP contribution in [0.3, 0.4) is 0 Å². The Balaban J connectivity index is 1.57. The number of hydrogen-bond acceptors (Lipinski definition) is 2. The van der Waals surface area contributed by atoms with Crippen molar-refractivity contribution in [1.29, 1.82) is 0 Å². The van der Waals surface area contributed by atoms with Crippen molar-refractivity contribution in [2.24, 2.45) is 0 Å². The van der Waals surface area contributed by atoms with Crippen LogP contribution in [-0.2, 0) is 4.79 Å². The van der Waals surface area contributed by atoms with Crippen LogP contribution in [0.1, 0.15) is 21.5 Å². The van der Waals surface area contributed by atoms with Crippen molar-refractivity contribution in [2.45, 2.75) is 0 Å². The number of allylic oxidation sites excluding steroid dienone is 1. The van der Waals surface area contributed by atoms with Gasteiger partial charge in [-0.1, -0.05) is 60.1 Å². The molecule has 0 aromatic heterocycles. The Hall–Kier alpha value is -3.43. The highest BCUT2D eigenvalue weighted by atomic mass is 35.5. The van der Waals surface area contributed by atoms with Gasteiger partial charge in [-0.05, 0) is 59.7 Å². The Bertz CT molecular complexity index is 1000. The molecule has 0 aliphatic rings. The van der Waals surface area contributed by atoms with E-state index in [-0.39, 0.29) is 11.7 Å². The molecule has 0 spiro atoms. The van der Waals surface area contributed by atoms with Crippen molar-refractivity contribution in [1.82, 2.24) is 0 Å². The molecular formula is C24H18ClNO2. The second kappa shape index (κ2) is 9.49. The number of nitrogens with one attached hydrogen (secondary N) is 1. The van der Waals surface area contributed by atoms with Gasteiger partial charge in [0.1, 0.15) is 0 Å². The molecule has 3 rings (SSSR count). The predicted octanol–water partition coefficient (Wildman–Crippen LogP) is 5.89. The number of carbonyl (C=O) groups is 2. The first-order chi connectivity index (χ1) is 13.6. The van der Waals surface area contributed by atoms with Crippen molar-refractivity contribution in [3.05, 3.63) is 113 Å². The van der Waals surface area contributed by atoms with Gasteiger partial charge in [-0.2, -0.15) is 0 Å². The molecule has 0 atom stereocenters. The Morgan fingerprint density at radius 3 is 2.00 bits per heavy atom. The number of anilines is 1. The molecular weight excluding hydrogens is 370 g/mol. The molecule has 28 heavy (non-hydrogen) atoms. The van der Waals surface area contributed by atoms with Gasteiger partial charge in [0.25, 0.3) is 0 Å². The van der Waals surface area contributed by atoms with Gasteiger partial charge in [-0.15, -0.1) is 0 Å². The molecule has 0 aliphatic heterocycles. The molecule has 0 aliphatic carbocycles. The molecule has 3 aromatic carbocycles. The summed E-state index contributed by atoms with van der Waals surface area (Å²) in [4.78, 5) is 24.1. The van der Waals surface area contributed by atoms with Crippen molar-refractivity contribution >= 4 is 41.1 Å². The summed E-state index contributed by atoms with van der Waals surface area (Å²) in [6.07, 6.45) is 6.50. The van der Waals surface area contributed by atoms with Crippen molar-refractivity contribution < 1.29 is 9.59 Å². The number of amides is 1. The van der Waals surface area contributed by atoms with Crippen molar-refractivity contribution in [2.75, 3.05) is 5.32 Å². The quantitative estimate of drug-likeness (QED) is 0.423. The Morgan fingerprint density at radius 1 is 0.714 bits per heavy atom. The normalized spacial score (nSPS) is 11.0. The number of ketones is 1. The minimum atomic E-state index is -0.204. The lowest BCUT2D eigenvalue weighted by Gasteiger charge is -2.02. The summed E-state index contributed by atoms with van der Waals surface area (Å²) in [5.41, 5.74) is 3.09. The Labute approximate surface area is 169 Å². The molecule has 0 heterocycles. The van der Waals surface area contributed by atoms with Crippen LogP contribution < -0.4 is 5.32 Å². The highest BCUT2D eigenvalue weighted by molar-refractivity contribution is 6.30. The minimum Gasteiger partial charge on any atom is -0.323 e.